The highest BCUT2D eigenvalue weighted by atomic mass is 16.5. The molecule has 1 atom stereocenters. The minimum atomic E-state index is 0.108. The highest BCUT2D eigenvalue weighted by Gasteiger charge is 2.15. The SMILES string of the molecule is Cc1cc(C(C)Nc2ncccc2OC(C)C)c(C)o1. The minimum absolute atomic E-state index is 0.108. The van der Waals surface area contributed by atoms with Gasteiger partial charge in [-0.15, -0.1) is 0 Å². The van der Waals surface area contributed by atoms with Crippen LogP contribution in [0.2, 0.25) is 0 Å². The average molecular weight is 274 g/mol. The van der Waals surface area contributed by atoms with Gasteiger partial charge in [-0.25, -0.2) is 4.98 Å². The molecule has 0 fully saturated rings. The Balaban J connectivity index is 2.19. The molecule has 0 saturated heterocycles. The quantitative estimate of drug-likeness (QED) is 0.885. The summed E-state index contributed by atoms with van der Waals surface area (Å²) in [7, 11) is 0. The molecule has 108 valence electrons. The average Bonchev–Trinajstić information content (AvgIpc) is 2.70. The van der Waals surface area contributed by atoms with E-state index in [9.17, 15) is 0 Å². The maximum atomic E-state index is 5.77. The lowest BCUT2D eigenvalue weighted by Gasteiger charge is -2.18. The molecule has 2 aromatic heterocycles. The lowest BCUT2D eigenvalue weighted by atomic mass is 10.1. The van der Waals surface area contributed by atoms with E-state index in [0.29, 0.717) is 0 Å². The van der Waals surface area contributed by atoms with Crippen molar-refractivity contribution in [1.82, 2.24) is 4.98 Å². The van der Waals surface area contributed by atoms with E-state index in [-0.39, 0.29) is 12.1 Å². The van der Waals surface area contributed by atoms with Crippen LogP contribution in [0.25, 0.3) is 0 Å². The number of ether oxygens (including phenoxy) is 1. The van der Waals surface area contributed by atoms with Gasteiger partial charge in [-0.1, -0.05) is 0 Å². The Bertz CT molecular complexity index is 576. The molecule has 0 amide bonds. The van der Waals surface area contributed by atoms with Crippen molar-refractivity contribution < 1.29 is 9.15 Å². The number of nitrogens with one attached hydrogen (secondary N) is 1. The van der Waals surface area contributed by atoms with Crippen LogP contribution < -0.4 is 10.1 Å². The first kappa shape index (κ1) is 14.4. The van der Waals surface area contributed by atoms with E-state index >= 15 is 0 Å². The van der Waals surface area contributed by atoms with Gasteiger partial charge in [0.05, 0.1) is 12.1 Å². The Kier molecular flexibility index (Phi) is 4.32. The first-order chi connectivity index (χ1) is 9.47. The Morgan fingerprint density at radius 2 is 2.00 bits per heavy atom. The number of aryl methyl sites for hydroxylation is 2. The van der Waals surface area contributed by atoms with Crippen LogP contribution in [0.1, 0.15) is 43.9 Å². The third kappa shape index (κ3) is 3.32. The fraction of sp³-hybridized carbons (Fsp3) is 0.438. The van der Waals surface area contributed by atoms with E-state index in [1.54, 1.807) is 6.20 Å². The number of nitrogens with zero attached hydrogens (tertiary/aromatic N) is 1. The van der Waals surface area contributed by atoms with Crippen molar-refractivity contribution in [2.24, 2.45) is 0 Å². The molecule has 0 aliphatic rings. The molecule has 0 aliphatic heterocycles. The summed E-state index contributed by atoms with van der Waals surface area (Å²) >= 11 is 0. The van der Waals surface area contributed by atoms with Gasteiger partial charge >= 0.3 is 0 Å². The lowest BCUT2D eigenvalue weighted by Crippen LogP contribution is -2.12. The Hall–Kier alpha value is -1.97. The van der Waals surface area contributed by atoms with Crippen molar-refractivity contribution in [3.8, 4) is 5.75 Å². The van der Waals surface area contributed by atoms with Crippen LogP contribution in [0, 0.1) is 13.8 Å². The van der Waals surface area contributed by atoms with Gasteiger partial charge in [-0.2, -0.15) is 0 Å². The highest BCUT2D eigenvalue weighted by molar-refractivity contribution is 5.51. The monoisotopic (exact) mass is 274 g/mol. The maximum absolute atomic E-state index is 5.77. The molecular weight excluding hydrogens is 252 g/mol. The molecular formula is C16H22N2O2. The number of hydrogen-bond donors (Lipinski definition) is 1. The first-order valence-electron chi connectivity index (χ1n) is 6.92. The molecule has 1 N–H and O–H groups in total. The number of pyridine rings is 1. The molecule has 20 heavy (non-hydrogen) atoms. The van der Waals surface area contributed by atoms with E-state index in [2.05, 4.69) is 23.3 Å². The predicted molar refractivity (Wildman–Crippen MR) is 80.2 cm³/mol. The zero-order valence-electron chi connectivity index (χ0n) is 12.7. The second-order valence-corrected chi connectivity index (χ2v) is 5.25. The van der Waals surface area contributed by atoms with E-state index in [0.717, 1.165) is 28.7 Å². The zero-order chi connectivity index (χ0) is 14.7. The number of furan rings is 1. The maximum Gasteiger partial charge on any atom is 0.169 e. The van der Waals surface area contributed by atoms with Crippen molar-refractivity contribution in [3.05, 3.63) is 41.5 Å². The molecule has 0 aliphatic carbocycles. The van der Waals surface area contributed by atoms with Crippen LogP contribution in [0.3, 0.4) is 0 Å². The fourth-order valence-electron chi connectivity index (χ4n) is 2.21. The summed E-state index contributed by atoms with van der Waals surface area (Å²) < 4.78 is 11.3. The number of anilines is 1. The molecule has 2 heterocycles. The lowest BCUT2D eigenvalue weighted by molar-refractivity contribution is 0.242. The molecule has 4 nitrogen and oxygen atoms in total. The molecule has 0 spiro atoms. The smallest absolute Gasteiger partial charge is 0.169 e. The molecule has 2 rings (SSSR count). The molecule has 0 aromatic carbocycles. The fourth-order valence-corrected chi connectivity index (χ4v) is 2.21. The standard InChI is InChI=1S/C16H22N2O2/c1-10(2)19-15-7-6-8-17-16(15)18-12(4)14-9-11(3)20-13(14)5/h6-10,12H,1-5H3,(H,17,18). The van der Waals surface area contributed by atoms with Crippen molar-refractivity contribution in [2.45, 2.75) is 46.8 Å². The normalized spacial score (nSPS) is 12.5. The van der Waals surface area contributed by atoms with E-state index in [1.807, 2.05) is 39.8 Å². The third-order valence-corrected chi connectivity index (χ3v) is 3.03. The van der Waals surface area contributed by atoms with Gasteiger partial charge < -0.3 is 14.5 Å². The Morgan fingerprint density at radius 3 is 2.60 bits per heavy atom. The molecule has 1 unspecified atom stereocenters. The van der Waals surface area contributed by atoms with Gasteiger partial charge in [0, 0.05) is 11.8 Å². The largest absolute Gasteiger partial charge is 0.487 e. The van der Waals surface area contributed by atoms with Gasteiger partial charge in [0.15, 0.2) is 11.6 Å². The first-order valence-corrected chi connectivity index (χ1v) is 6.92. The third-order valence-electron chi connectivity index (χ3n) is 3.03. The van der Waals surface area contributed by atoms with Crippen LogP contribution >= 0.6 is 0 Å². The topological polar surface area (TPSA) is 47.3 Å². The summed E-state index contributed by atoms with van der Waals surface area (Å²) in [5.41, 5.74) is 1.14. The molecule has 0 radical (unpaired) electrons. The number of rotatable bonds is 5. The molecule has 0 bridgehead atoms. The van der Waals surface area contributed by atoms with E-state index in [4.69, 9.17) is 9.15 Å². The van der Waals surface area contributed by atoms with Crippen molar-refractivity contribution in [1.29, 1.82) is 0 Å². The Morgan fingerprint density at radius 1 is 1.25 bits per heavy atom. The number of aromatic nitrogens is 1. The van der Waals surface area contributed by atoms with Crippen LogP contribution in [0.5, 0.6) is 5.75 Å². The minimum Gasteiger partial charge on any atom is -0.487 e. The van der Waals surface area contributed by atoms with Gasteiger partial charge in [0.2, 0.25) is 0 Å². The second kappa shape index (κ2) is 5.99. The van der Waals surface area contributed by atoms with Gasteiger partial charge in [0.25, 0.3) is 0 Å². The van der Waals surface area contributed by atoms with Crippen LogP contribution in [0.15, 0.2) is 28.8 Å². The van der Waals surface area contributed by atoms with Crippen LogP contribution in [-0.2, 0) is 0 Å². The van der Waals surface area contributed by atoms with Crippen LogP contribution in [-0.4, -0.2) is 11.1 Å². The van der Waals surface area contributed by atoms with Crippen LogP contribution in [0.4, 0.5) is 5.82 Å². The summed E-state index contributed by atoms with van der Waals surface area (Å²) in [4.78, 5) is 4.37. The highest BCUT2D eigenvalue weighted by Crippen LogP contribution is 2.29. The number of hydrogen-bond acceptors (Lipinski definition) is 4. The second-order valence-electron chi connectivity index (χ2n) is 5.25. The van der Waals surface area contributed by atoms with Gasteiger partial charge in [-0.3, -0.25) is 0 Å². The van der Waals surface area contributed by atoms with Crippen molar-refractivity contribution >= 4 is 5.82 Å². The molecule has 2 aromatic rings. The summed E-state index contributed by atoms with van der Waals surface area (Å²) in [5.74, 6) is 3.38. The van der Waals surface area contributed by atoms with Crippen molar-refractivity contribution in [2.75, 3.05) is 5.32 Å². The summed E-state index contributed by atoms with van der Waals surface area (Å²) in [6.45, 7) is 10.0. The van der Waals surface area contributed by atoms with Crippen molar-refractivity contribution in [3.63, 3.8) is 0 Å². The zero-order valence-corrected chi connectivity index (χ0v) is 12.7. The summed E-state index contributed by atoms with van der Waals surface area (Å²) in [6, 6.07) is 5.96. The summed E-state index contributed by atoms with van der Waals surface area (Å²) in [5, 5.41) is 3.39. The Labute approximate surface area is 120 Å². The molecule has 4 heteroatoms. The predicted octanol–water partition coefficient (Wildman–Crippen LogP) is 4.25. The van der Waals surface area contributed by atoms with E-state index < -0.39 is 0 Å². The molecule has 0 saturated carbocycles. The van der Waals surface area contributed by atoms with Gasteiger partial charge in [0.1, 0.15) is 11.5 Å². The summed E-state index contributed by atoms with van der Waals surface area (Å²) in [6.07, 6.45) is 1.88. The van der Waals surface area contributed by atoms with E-state index in [1.165, 1.54) is 0 Å². The van der Waals surface area contributed by atoms with Gasteiger partial charge in [-0.05, 0) is 52.8 Å².